The molecule has 3 nitrogen and oxygen atoms in total. The van der Waals surface area contributed by atoms with Crippen molar-refractivity contribution < 1.29 is 14.6 Å². The molecule has 0 spiro atoms. The number of carboxylic acid groups (broad SMARTS) is 1. The van der Waals surface area contributed by atoms with Gasteiger partial charge in [0.05, 0.1) is 5.60 Å². The molecule has 0 fully saturated rings. The summed E-state index contributed by atoms with van der Waals surface area (Å²) in [5.74, 6) is -0.976. The molecule has 33 heavy (non-hydrogen) atoms. The third kappa shape index (κ3) is 5.20. The van der Waals surface area contributed by atoms with Crippen LogP contribution in [0.4, 0.5) is 0 Å². The number of carboxylic acids is 1. The van der Waals surface area contributed by atoms with Crippen molar-refractivity contribution in [2.75, 3.05) is 0 Å². The fourth-order valence-corrected chi connectivity index (χ4v) is 4.34. The summed E-state index contributed by atoms with van der Waals surface area (Å²) in [7, 11) is 0. The van der Waals surface area contributed by atoms with E-state index in [2.05, 4.69) is 77.1 Å². The zero-order valence-corrected chi connectivity index (χ0v) is 21.4. The number of aliphatic carboxylic acids is 1. The van der Waals surface area contributed by atoms with E-state index in [-0.39, 0.29) is 0 Å². The molecule has 174 valence electrons. The van der Waals surface area contributed by atoms with Crippen LogP contribution in [0.5, 0.6) is 0 Å². The Morgan fingerprint density at radius 2 is 1.27 bits per heavy atom. The predicted molar refractivity (Wildman–Crippen MR) is 137 cm³/mol. The van der Waals surface area contributed by atoms with Gasteiger partial charge in [0, 0.05) is 5.56 Å². The van der Waals surface area contributed by atoms with Gasteiger partial charge in [-0.15, -0.1) is 0 Å². The van der Waals surface area contributed by atoms with Crippen LogP contribution in [0.25, 0.3) is 22.3 Å². The fraction of sp³-hybridized carbons (Fsp3) is 0.367. The molecule has 0 aliphatic rings. The van der Waals surface area contributed by atoms with Crippen LogP contribution in [0.1, 0.15) is 65.8 Å². The van der Waals surface area contributed by atoms with Crippen molar-refractivity contribution in [3.05, 3.63) is 81.4 Å². The third-order valence-electron chi connectivity index (χ3n) is 6.41. The SMILES string of the molecule is Cc1ccc(-c2cc(C)c(C(OC(C)(C)C)C(=O)O)c(-c3ccc(C)c(C)c3)c2C)cc1C. The van der Waals surface area contributed by atoms with E-state index in [1.54, 1.807) is 0 Å². The zero-order chi connectivity index (χ0) is 24.7. The maximum Gasteiger partial charge on any atom is 0.337 e. The van der Waals surface area contributed by atoms with Gasteiger partial charge in [0.15, 0.2) is 6.10 Å². The summed E-state index contributed by atoms with van der Waals surface area (Å²) < 4.78 is 6.12. The van der Waals surface area contributed by atoms with E-state index in [0.29, 0.717) is 0 Å². The highest BCUT2D eigenvalue weighted by molar-refractivity contribution is 5.87. The van der Waals surface area contributed by atoms with Gasteiger partial charge in [0.2, 0.25) is 0 Å². The molecule has 3 rings (SSSR count). The minimum atomic E-state index is -1.06. The Morgan fingerprint density at radius 3 is 1.76 bits per heavy atom. The van der Waals surface area contributed by atoms with Crippen LogP contribution in [-0.2, 0) is 9.53 Å². The first kappa shape index (κ1) is 24.7. The van der Waals surface area contributed by atoms with Crippen molar-refractivity contribution in [3.8, 4) is 22.3 Å². The largest absolute Gasteiger partial charge is 0.479 e. The smallest absolute Gasteiger partial charge is 0.337 e. The Bertz CT molecular complexity index is 1210. The van der Waals surface area contributed by atoms with Crippen molar-refractivity contribution in [2.45, 2.75) is 74.0 Å². The second-order valence-electron chi connectivity index (χ2n) is 10.2. The molecule has 1 atom stereocenters. The van der Waals surface area contributed by atoms with Crippen molar-refractivity contribution in [1.29, 1.82) is 0 Å². The summed E-state index contributed by atoms with van der Waals surface area (Å²) in [5, 5.41) is 10.2. The average molecular weight is 445 g/mol. The van der Waals surface area contributed by atoms with Gasteiger partial charge in [-0.2, -0.15) is 0 Å². The summed E-state index contributed by atoms with van der Waals surface area (Å²) in [4.78, 5) is 12.5. The lowest BCUT2D eigenvalue weighted by molar-refractivity contribution is -0.160. The topological polar surface area (TPSA) is 46.5 Å². The number of benzene rings is 3. The number of hydrogen-bond donors (Lipinski definition) is 1. The molecule has 0 radical (unpaired) electrons. The first-order chi connectivity index (χ1) is 15.3. The molecule has 0 heterocycles. The molecule has 0 aliphatic heterocycles. The van der Waals surface area contributed by atoms with Crippen molar-refractivity contribution >= 4 is 5.97 Å². The van der Waals surface area contributed by atoms with Crippen LogP contribution >= 0.6 is 0 Å². The summed E-state index contributed by atoms with van der Waals surface area (Å²) in [5.41, 5.74) is 11.2. The number of aryl methyl sites for hydroxylation is 5. The second kappa shape index (κ2) is 9.15. The highest BCUT2D eigenvalue weighted by Gasteiger charge is 2.32. The molecule has 3 aromatic carbocycles. The summed E-state index contributed by atoms with van der Waals surface area (Å²) in [6.07, 6.45) is -1.06. The maximum absolute atomic E-state index is 12.5. The van der Waals surface area contributed by atoms with Gasteiger partial charge in [-0.25, -0.2) is 4.79 Å². The Morgan fingerprint density at radius 1 is 0.758 bits per heavy atom. The van der Waals surface area contributed by atoms with E-state index in [0.717, 1.165) is 38.9 Å². The lowest BCUT2D eigenvalue weighted by Crippen LogP contribution is -2.28. The third-order valence-corrected chi connectivity index (χ3v) is 6.41. The molecule has 0 saturated heterocycles. The Labute approximate surface area is 198 Å². The number of rotatable bonds is 5. The van der Waals surface area contributed by atoms with E-state index in [9.17, 15) is 9.90 Å². The summed E-state index contributed by atoms with van der Waals surface area (Å²) in [6.45, 7) is 18.2. The molecular weight excluding hydrogens is 408 g/mol. The highest BCUT2D eigenvalue weighted by atomic mass is 16.5. The standard InChI is InChI=1S/C30H36O3/c1-17-10-12-23(14-19(17)3)25-16-21(5)26(28(29(31)32)33-30(7,8)9)27(22(25)6)24-13-11-18(2)20(4)15-24/h10-16,28H,1-9H3,(H,31,32). The van der Waals surface area contributed by atoms with E-state index in [4.69, 9.17) is 4.74 Å². The molecule has 1 unspecified atom stereocenters. The highest BCUT2D eigenvalue weighted by Crippen LogP contribution is 2.42. The van der Waals surface area contributed by atoms with Crippen LogP contribution < -0.4 is 0 Å². The fourth-order valence-electron chi connectivity index (χ4n) is 4.34. The van der Waals surface area contributed by atoms with Crippen molar-refractivity contribution in [2.24, 2.45) is 0 Å². The number of ether oxygens (including phenoxy) is 1. The van der Waals surface area contributed by atoms with Gasteiger partial charge in [-0.3, -0.25) is 0 Å². The molecule has 0 amide bonds. The molecule has 3 heteroatoms. The van der Waals surface area contributed by atoms with Crippen LogP contribution in [0, 0.1) is 41.5 Å². The number of hydrogen-bond acceptors (Lipinski definition) is 2. The van der Waals surface area contributed by atoms with Gasteiger partial charge >= 0.3 is 5.97 Å². The Balaban J connectivity index is 2.39. The predicted octanol–water partition coefficient (Wildman–Crippen LogP) is 7.81. The molecule has 0 aliphatic carbocycles. The van der Waals surface area contributed by atoms with E-state index in [1.807, 2.05) is 27.7 Å². The molecule has 3 aromatic rings. The maximum atomic E-state index is 12.5. The molecule has 0 aromatic heterocycles. The second-order valence-corrected chi connectivity index (χ2v) is 10.2. The van der Waals surface area contributed by atoms with Crippen molar-refractivity contribution in [1.82, 2.24) is 0 Å². The van der Waals surface area contributed by atoms with Gasteiger partial charge < -0.3 is 9.84 Å². The zero-order valence-electron chi connectivity index (χ0n) is 21.4. The van der Waals surface area contributed by atoms with Gasteiger partial charge in [0.1, 0.15) is 0 Å². The quantitative estimate of drug-likeness (QED) is 0.436. The Hall–Kier alpha value is -2.91. The molecule has 1 N–H and O–H groups in total. The van der Waals surface area contributed by atoms with Crippen LogP contribution in [0.3, 0.4) is 0 Å². The minimum Gasteiger partial charge on any atom is -0.479 e. The molecule has 0 bridgehead atoms. The normalized spacial score (nSPS) is 12.6. The summed E-state index contributed by atoms with van der Waals surface area (Å²) >= 11 is 0. The first-order valence-electron chi connectivity index (χ1n) is 11.5. The molecular formula is C30H36O3. The number of carbonyl (C=O) groups is 1. The minimum absolute atomic E-state index is 0.601. The average Bonchev–Trinajstić information content (AvgIpc) is 2.71. The summed E-state index contributed by atoms with van der Waals surface area (Å²) in [6, 6.07) is 15.0. The van der Waals surface area contributed by atoms with E-state index < -0.39 is 17.7 Å². The van der Waals surface area contributed by atoms with E-state index in [1.165, 1.54) is 22.3 Å². The first-order valence-corrected chi connectivity index (χ1v) is 11.5. The van der Waals surface area contributed by atoms with Crippen molar-refractivity contribution in [3.63, 3.8) is 0 Å². The van der Waals surface area contributed by atoms with Crippen LogP contribution in [0.2, 0.25) is 0 Å². The Kier molecular flexibility index (Phi) is 6.85. The van der Waals surface area contributed by atoms with Gasteiger partial charge in [-0.1, -0.05) is 42.5 Å². The van der Waals surface area contributed by atoms with Crippen LogP contribution in [-0.4, -0.2) is 16.7 Å². The van der Waals surface area contributed by atoms with E-state index >= 15 is 0 Å². The van der Waals surface area contributed by atoms with Gasteiger partial charge in [0.25, 0.3) is 0 Å². The van der Waals surface area contributed by atoms with Gasteiger partial charge in [-0.05, 0) is 118 Å². The lowest BCUT2D eigenvalue weighted by atomic mass is 9.83. The lowest BCUT2D eigenvalue weighted by Gasteiger charge is -2.29. The monoisotopic (exact) mass is 444 g/mol. The molecule has 0 saturated carbocycles. The van der Waals surface area contributed by atoms with Crippen LogP contribution in [0.15, 0.2) is 42.5 Å².